The van der Waals surface area contributed by atoms with Crippen molar-refractivity contribution in [1.82, 2.24) is 9.55 Å². The van der Waals surface area contributed by atoms with Crippen molar-refractivity contribution in [3.63, 3.8) is 0 Å². The van der Waals surface area contributed by atoms with Crippen LogP contribution in [0.5, 0.6) is 6.01 Å². The maximum absolute atomic E-state index is 13.3. The van der Waals surface area contributed by atoms with Gasteiger partial charge in [-0.1, -0.05) is 54.6 Å². The molecule has 1 saturated carbocycles. The lowest BCUT2D eigenvalue weighted by Crippen LogP contribution is -2.32. The van der Waals surface area contributed by atoms with Crippen molar-refractivity contribution in [2.45, 2.75) is 25.9 Å². The van der Waals surface area contributed by atoms with Gasteiger partial charge in [-0.15, -0.1) is 0 Å². The third-order valence-electron chi connectivity index (χ3n) is 7.27. The normalized spacial score (nSPS) is 17.8. The largest absolute Gasteiger partial charge is 0.462 e. The molecule has 5 rings (SSSR count). The Morgan fingerprint density at radius 2 is 1.19 bits per heavy atom. The summed E-state index contributed by atoms with van der Waals surface area (Å²) in [6.45, 7) is 1.74. The molecule has 0 saturated heterocycles. The minimum Gasteiger partial charge on any atom is -0.462 e. The minimum atomic E-state index is -0.550. The quantitative estimate of drug-likeness (QED) is 0.267. The van der Waals surface area contributed by atoms with E-state index in [4.69, 9.17) is 14.2 Å². The smallest absolute Gasteiger partial charge is 0.338 e. The molecule has 1 heterocycles. The summed E-state index contributed by atoms with van der Waals surface area (Å²) in [5.74, 6) is -1.88. The first-order valence-corrected chi connectivity index (χ1v) is 13.7. The van der Waals surface area contributed by atoms with Gasteiger partial charge in [-0.3, -0.25) is 9.59 Å². The molecule has 4 aromatic rings. The number of ether oxygens (including phenoxy) is 3. The lowest BCUT2D eigenvalue weighted by Gasteiger charge is -2.19. The molecule has 0 aliphatic heterocycles. The summed E-state index contributed by atoms with van der Waals surface area (Å²) in [5.41, 5.74) is 0.966. The van der Waals surface area contributed by atoms with E-state index in [1.165, 1.54) is 6.20 Å². The Labute approximate surface area is 242 Å². The number of rotatable bonds is 9. The van der Waals surface area contributed by atoms with Crippen LogP contribution in [0.25, 0.3) is 0 Å². The topological polar surface area (TPSA) is 114 Å². The van der Waals surface area contributed by atoms with Crippen LogP contribution in [0.1, 0.15) is 49.5 Å². The Kier molecular flexibility index (Phi) is 8.87. The molecule has 1 fully saturated rings. The SMILES string of the molecule is Cc1cnc(OC2C[C@@H](COC(=O)c3ccccc3)[C@@H](COC(=O)c3ccccc3)C2)n(C(=O)c2ccccc2)c1=O. The first-order valence-electron chi connectivity index (χ1n) is 13.7. The predicted octanol–water partition coefficient (Wildman–Crippen LogP) is 4.73. The second kappa shape index (κ2) is 13.1. The van der Waals surface area contributed by atoms with Crippen molar-refractivity contribution in [3.8, 4) is 6.01 Å². The average molecular weight is 567 g/mol. The summed E-state index contributed by atoms with van der Waals surface area (Å²) in [6, 6.07) is 25.7. The highest BCUT2D eigenvalue weighted by Crippen LogP contribution is 2.35. The summed E-state index contributed by atoms with van der Waals surface area (Å²) >= 11 is 0. The van der Waals surface area contributed by atoms with Crippen LogP contribution >= 0.6 is 0 Å². The van der Waals surface area contributed by atoms with Crippen molar-refractivity contribution in [1.29, 1.82) is 0 Å². The molecule has 0 amide bonds. The molecule has 42 heavy (non-hydrogen) atoms. The van der Waals surface area contributed by atoms with Gasteiger partial charge in [-0.2, -0.15) is 4.57 Å². The lowest BCUT2D eigenvalue weighted by atomic mass is 9.98. The van der Waals surface area contributed by atoms with Crippen LogP contribution in [0.3, 0.4) is 0 Å². The van der Waals surface area contributed by atoms with E-state index in [-0.39, 0.29) is 31.1 Å². The zero-order chi connectivity index (χ0) is 29.5. The molecule has 1 aliphatic carbocycles. The van der Waals surface area contributed by atoms with E-state index in [0.717, 1.165) is 4.57 Å². The molecule has 0 bridgehead atoms. The van der Waals surface area contributed by atoms with Crippen LogP contribution in [0.4, 0.5) is 0 Å². The highest BCUT2D eigenvalue weighted by Gasteiger charge is 2.38. The van der Waals surface area contributed by atoms with Gasteiger partial charge in [0.05, 0.1) is 24.3 Å². The molecule has 1 aliphatic rings. The molecule has 3 aromatic carbocycles. The molecule has 9 nitrogen and oxygen atoms in total. The van der Waals surface area contributed by atoms with E-state index in [1.807, 2.05) is 12.1 Å². The standard InChI is InChI=1S/C33H30N2O7/c1-22-19-34-33(35(29(22)36)30(37)23-11-5-2-6-12-23)42-28-17-26(20-40-31(38)24-13-7-3-8-14-24)27(18-28)21-41-32(39)25-15-9-4-10-16-25/h2-16,19,26-28H,17-18,20-21H2,1H3/t26-,27+,28?. The van der Waals surface area contributed by atoms with Gasteiger partial charge in [0.15, 0.2) is 0 Å². The summed E-state index contributed by atoms with van der Waals surface area (Å²) < 4.78 is 18.4. The molecule has 0 N–H and O–H groups in total. The third kappa shape index (κ3) is 6.63. The van der Waals surface area contributed by atoms with Gasteiger partial charge in [0, 0.05) is 29.2 Å². The number of benzene rings is 3. The number of carbonyl (C=O) groups excluding carboxylic acids is 3. The van der Waals surface area contributed by atoms with Gasteiger partial charge < -0.3 is 14.2 Å². The van der Waals surface area contributed by atoms with Crippen molar-refractivity contribution in [2.75, 3.05) is 13.2 Å². The fraction of sp³-hybridized carbons (Fsp3) is 0.242. The summed E-state index contributed by atoms with van der Waals surface area (Å²) in [6.07, 6.45) is 1.76. The van der Waals surface area contributed by atoms with Crippen LogP contribution in [0, 0.1) is 18.8 Å². The van der Waals surface area contributed by atoms with Gasteiger partial charge in [0.25, 0.3) is 11.5 Å². The predicted molar refractivity (Wildman–Crippen MR) is 153 cm³/mol. The van der Waals surface area contributed by atoms with Crippen LogP contribution < -0.4 is 10.3 Å². The Hall–Kier alpha value is -5.05. The van der Waals surface area contributed by atoms with Gasteiger partial charge in [-0.05, 0) is 56.2 Å². The summed E-state index contributed by atoms with van der Waals surface area (Å²) in [7, 11) is 0. The van der Waals surface area contributed by atoms with E-state index >= 15 is 0 Å². The zero-order valence-corrected chi connectivity index (χ0v) is 23.1. The van der Waals surface area contributed by atoms with Crippen molar-refractivity contribution >= 4 is 17.8 Å². The number of esters is 2. The molecule has 214 valence electrons. The number of carbonyl (C=O) groups is 3. The maximum atomic E-state index is 13.3. The Balaban J connectivity index is 1.34. The third-order valence-corrected chi connectivity index (χ3v) is 7.27. The monoisotopic (exact) mass is 566 g/mol. The highest BCUT2D eigenvalue weighted by atomic mass is 16.5. The first-order chi connectivity index (χ1) is 20.4. The average Bonchev–Trinajstić information content (AvgIpc) is 3.42. The number of aromatic nitrogens is 2. The second-order valence-corrected chi connectivity index (χ2v) is 10.2. The Bertz CT molecular complexity index is 1540. The van der Waals surface area contributed by atoms with Crippen molar-refractivity contribution in [3.05, 3.63) is 130 Å². The molecule has 3 atom stereocenters. The number of hydrogen-bond donors (Lipinski definition) is 0. The highest BCUT2D eigenvalue weighted by molar-refractivity contribution is 5.96. The van der Waals surface area contributed by atoms with E-state index in [2.05, 4.69) is 4.98 Å². The van der Waals surface area contributed by atoms with Crippen molar-refractivity contribution < 1.29 is 28.6 Å². The first kappa shape index (κ1) is 28.5. The van der Waals surface area contributed by atoms with E-state index in [0.29, 0.717) is 35.1 Å². The number of nitrogens with zero attached hydrogens (tertiary/aromatic N) is 2. The van der Waals surface area contributed by atoms with E-state index < -0.39 is 29.5 Å². The second-order valence-electron chi connectivity index (χ2n) is 10.2. The number of hydrogen-bond acceptors (Lipinski definition) is 8. The van der Waals surface area contributed by atoms with Crippen LogP contribution in [0.2, 0.25) is 0 Å². The molecule has 0 spiro atoms. The molecule has 1 aromatic heterocycles. The maximum Gasteiger partial charge on any atom is 0.338 e. The summed E-state index contributed by atoms with van der Waals surface area (Å²) in [4.78, 5) is 55.9. The fourth-order valence-electron chi connectivity index (χ4n) is 4.99. The molecular weight excluding hydrogens is 536 g/mol. The van der Waals surface area contributed by atoms with Gasteiger partial charge in [-0.25, -0.2) is 14.6 Å². The Morgan fingerprint density at radius 3 is 1.67 bits per heavy atom. The fourth-order valence-corrected chi connectivity index (χ4v) is 4.99. The van der Waals surface area contributed by atoms with Gasteiger partial charge in [0.1, 0.15) is 6.10 Å². The van der Waals surface area contributed by atoms with Crippen LogP contribution in [-0.2, 0) is 9.47 Å². The van der Waals surface area contributed by atoms with Crippen molar-refractivity contribution in [2.24, 2.45) is 11.8 Å². The molecule has 9 heteroatoms. The zero-order valence-electron chi connectivity index (χ0n) is 23.1. The lowest BCUT2D eigenvalue weighted by molar-refractivity contribution is 0.0268. The minimum absolute atomic E-state index is 0.0816. The molecular formula is C33H30N2O7. The van der Waals surface area contributed by atoms with Gasteiger partial charge in [0.2, 0.25) is 0 Å². The van der Waals surface area contributed by atoms with E-state index in [9.17, 15) is 19.2 Å². The Morgan fingerprint density at radius 1 is 0.738 bits per heavy atom. The number of aryl methyl sites for hydroxylation is 1. The van der Waals surface area contributed by atoms with Crippen LogP contribution in [-0.4, -0.2) is 46.7 Å². The molecule has 0 radical (unpaired) electrons. The molecule has 1 unspecified atom stereocenters. The van der Waals surface area contributed by atoms with Gasteiger partial charge >= 0.3 is 17.9 Å². The summed E-state index contributed by atoms with van der Waals surface area (Å²) in [5, 5.41) is 0. The van der Waals surface area contributed by atoms with E-state index in [1.54, 1.807) is 85.8 Å². The van der Waals surface area contributed by atoms with Crippen LogP contribution in [0.15, 0.2) is 102 Å².